The summed E-state index contributed by atoms with van der Waals surface area (Å²) in [6, 6.07) is 14.5. The summed E-state index contributed by atoms with van der Waals surface area (Å²) in [5.41, 5.74) is 2.96. The molecule has 2 aromatic carbocycles. The monoisotopic (exact) mass is 392 g/mol. The van der Waals surface area contributed by atoms with E-state index < -0.39 is 0 Å². The Kier molecular flexibility index (Phi) is 6.39. The van der Waals surface area contributed by atoms with Crippen LogP contribution >= 0.6 is 0 Å². The fourth-order valence-corrected chi connectivity index (χ4v) is 2.95. The van der Waals surface area contributed by atoms with Gasteiger partial charge in [0, 0.05) is 23.4 Å². The number of nitrogens with one attached hydrogen (secondary N) is 1. The highest BCUT2D eigenvalue weighted by Crippen LogP contribution is 2.19. The van der Waals surface area contributed by atoms with Crippen LogP contribution in [-0.2, 0) is 4.79 Å². The van der Waals surface area contributed by atoms with Crippen LogP contribution in [0, 0.1) is 13.8 Å². The summed E-state index contributed by atoms with van der Waals surface area (Å²) in [6.45, 7) is 6.13. The Morgan fingerprint density at radius 3 is 2.41 bits per heavy atom. The van der Waals surface area contributed by atoms with Crippen LogP contribution in [0.2, 0.25) is 0 Å². The van der Waals surface area contributed by atoms with Gasteiger partial charge in [0.15, 0.2) is 5.82 Å². The number of carbonyl (C=O) groups is 2. The van der Waals surface area contributed by atoms with Gasteiger partial charge in [-0.1, -0.05) is 30.3 Å². The van der Waals surface area contributed by atoms with Crippen LogP contribution in [0.3, 0.4) is 0 Å². The summed E-state index contributed by atoms with van der Waals surface area (Å²) < 4.78 is 5.15. The average Bonchev–Trinajstić information content (AvgIpc) is 3.15. The number of amides is 2. The standard InChI is InChI=1S/C22H24N4O3/c1-4-13-26(14-20(27)24-19-8-6-5-7-15(19)2)22(28)18-11-9-17(10-12-18)21-23-16(3)25-29-21/h5-12H,4,13-14H2,1-3H3,(H,24,27). The number of nitrogens with zero attached hydrogens (tertiary/aromatic N) is 3. The molecular weight excluding hydrogens is 368 g/mol. The van der Waals surface area contributed by atoms with E-state index in [1.807, 2.05) is 38.1 Å². The van der Waals surface area contributed by atoms with E-state index in [1.54, 1.807) is 36.1 Å². The number of carbonyl (C=O) groups excluding carboxylic acids is 2. The molecule has 7 heteroatoms. The molecule has 0 spiro atoms. The minimum Gasteiger partial charge on any atom is -0.334 e. The van der Waals surface area contributed by atoms with E-state index in [0.29, 0.717) is 23.8 Å². The molecule has 3 aromatic rings. The van der Waals surface area contributed by atoms with Crippen molar-refractivity contribution in [3.8, 4) is 11.5 Å². The van der Waals surface area contributed by atoms with E-state index in [9.17, 15) is 9.59 Å². The molecular formula is C22H24N4O3. The highest BCUT2D eigenvalue weighted by Gasteiger charge is 2.19. The molecule has 0 fully saturated rings. The molecule has 0 aliphatic carbocycles. The lowest BCUT2D eigenvalue weighted by molar-refractivity contribution is -0.116. The average molecular weight is 392 g/mol. The molecule has 1 heterocycles. The molecule has 2 amide bonds. The molecule has 150 valence electrons. The van der Waals surface area contributed by atoms with Gasteiger partial charge in [0.2, 0.25) is 5.91 Å². The summed E-state index contributed by atoms with van der Waals surface area (Å²) in [4.78, 5) is 31.2. The summed E-state index contributed by atoms with van der Waals surface area (Å²) in [7, 11) is 0. The number of aryl methyl sites for hydroxylation is 2. The maximum atomic E-state index is 12.9. The highest BCUT2D eigenvalue weighted by atomic mass is 16.5. The Labute approximate surface area is 169 Å². The lowest BCUT2D eigenvalue weighted by atomic mass is 10.1. The van der Waals surface area contributed by atoms with Gasteiger partial charge in [-0.2, -0.15) is 4.98 Å². The second-order valence-corrected chi connectivity index (χ2v) is 6.81. The second kappa shape index (κ2) is 9.14. The smallest absolute Gasteiger partial charge is 0.257 e. The SMILES string of the molecule is CCCN(CC(=O)Nc1ccccc1C)C(=O)c1ccc(-c2nc(C)no2)cc1. The van der Waals surface area contributed by atoms with Crippen molar-refractivity contribution in [1.29, 1.82) is 0 Å². The summed E-state index contributed by atoms with van der Waals surface area (Å²) >= 11 is 0. The molecule has 7 nitrogen and oxygen atoms in total. The first-order valence-electron chi connectivity index (χ1n) is 9.53. The molecule has 0 aliphatic heterocycles. The lowest BCUT2D eigenvalue weighted by Gasteiger charge is -2.22. The first-order valence-corrected chi connectivity index (χ1v) is 9.53. The van der Waals surface area contributed by atoms with Crippen molar-refractivity contribution in [2.24, 2.45) is 0 Å². The first kappa shape index (κ1) is 20.3. The topological polar surface area (TPSA) is 88.3 Å². The molecule has 29 heavy (non-hydrogen) atoms. The zero-order valence-corrected chi connectivity index (χ0v) is 16.8. The normalized spacial score (nSPS) is 10.6. The Morgan fingerprint density at radius 2 is 1.79 bits per heavy atom. The van der Waals surface area contributed by atoms with Crippen molar-refractivity contribution < 1.29 is 14.1 Å². The number of hydrogen-bond acceptors (Lipinski definition) is 5. The van der Waals surface area contributed by atoms with Gasteiger partial charge in [0.05, 0.1) is 0 Å². The first-order chi connectivity index (χ1) is 14.0. The van der Waals surface area contributed by atoms with Crippen LogP contribution in [0.15, 0.2) is 53.1 Å². The van der Waals surface area contributed by atoms with Crippen LogP contribution in [0.5, 0.6) is 0 Å². The van der Waals surface area contributed by atoms with Crippen LogP contribution in [0.4, 0.5) is 5.69 Å². The predicted molar refractivity (Wildman–Crippen MR) is 110 cm³/mol. The molecule has 0 atom stereocenters. The van der Waals surface area contributed by atoms with Crippen molar-refractivity contribution in [2.45, 2.75) is 27.2 Å². The maximum absolute atomic E-state index is 12.9. The third kappa shape index (κ3) is 5.07. The van der Waals surface area contributed by atoms with Crippen molar-refractivity contribution in [1.82, 2.24) is 15.0 Å². The zero-order chi connectivity index (χ0) is 20.8. The number of hydrogen-bond donors (Lipinski definition) is 1. The summed E-state index contributed by atoms with van der Waals surface area (Å²) in [5, 5.41) is 6.65. The van der Waals surface area contributed by atoms with Crippen molar-refractivity contribution in [3.63, 3.8) is 0 Å². The van der Waals surface area contributed by atoms with E-state index in [4.69, 9.17) is 4.52 Å². The molecule has 0 aliphatic rings. The van der Waals surface area contributed by atoms with E-state index in [0.717, 1.165) is 23.2 Å². The molecule has 3 rings (SSSR count). The Hall–Kier alpha value is -3.48. The van der Waals surface area contributed by atoms with Gasteiger partial charge in [0.1, 0.15) is 6.54 Å². The minimum atomic E-state index is -0.223. The van der Waals surface area contributed by atoms with Gasteiger partial charge in [-0.25, -0.2) is 0 Å². The number of anilines is 1. The van der Waals surface area contributed by atoms with Crippen LogP contribution in [0.1, 0.15) is 35.1 Å². The van der Waals surface area contributed by atoms with Gasteiger partial charge >= 0.3 is 0 Å². The summed E-state index contributed by atoms with van der Waals surface area (Å²) in [6.07, 6.45) is 0.753. The zero-order valence-electron chi connectivity index (χ0n) is 16.8. The van der Waals surface area contributed by atoms with Crippen LogP contribution in [0.25, 0.3) is 11.5 Å². The predicted octanol–water partition coefficient (Wildman–Crippen LogP) is 3.84. The van der Waals surface area contributed by atoms with E-state index in [2.05, 4.69) is 15.5 Å². The number of para-hydroxylation sites is 1. The fourth-order valence-electron chi connectivity index (χ4n) is 2.95. The van der Waals surface area contributed by atoms with Gasteiger partial charge in [0.25, 0.3) is 11.8 Å². The van der Waals surface area contributed by atoms with Crippen molar-refractivity contribution >= 4 is 17.5 Å². The molecule has 0 bridgehead atoms. The molecule has 0 saturated heterocycles. The molecule has 0 saturated carbocycles. The Morgan fingerprint density at radius 1 is 1.07 bits per heavy atom. The van der Waals surface area contributed by atoms with Gasteiger partial charge in [-0.05, 0) is 56.2 Å². The van der Waals surface area contributed by atoms with Gasteiger partial charge < -0.3 is 14.7 Å². The molecule has 0 radical (unpaired) electrons. The van der Waals surface area contributed by atoms with Gasteiger partial charge in [-0.3, -0.25) is 9.59 Å². The van der Waals surface area contributed by atoms with E-state index >= 15 is 0 Å². The van der Waals surface area contributed by atoms with E-state index in [1.165, 1.54) is 0 Å². The largest absolute Gasteiger partial charge is 0.334 e. The van der Waals surface area contributed by atoms with Crippen molar-refractivity contribution in [2.75, 3.05) is 18.4 Å². The van der Waals surface area contributed by atoms with Crippen LogP contribution < -0.4 is 5.32 Å². The maximum Gasteiger partial charge on any atom is 0.257 e. The third-order valence-electron chi connectivity index (χ3n) is 4.44. The Balaban J connectivity index is 1.70. The lowest BCUT2D eigenvalue weighted by Crippen LogP contribution is -2.38. The number of benzene rings is 2. The molecule has 1 N–H and O–H groups in total. The third-order valence-corrected chi connectivity index (χ3v) is 4.44. The highest BCUT2D eigenvalue weighted by molar-refractivity contribution is 5.99. The Bertz CT molecular complexity index is 995. The molecule has 0 unspecified atom stereocenters. The molecule has 1 aromatic heterocycles. The van der Waals surface area contributed by atoms with E-state index in [-0.39, 0.29) is 18.4 Å². The van der Waals surface area contributed by atoms with Gasteiger partial charge in [-0.15, -0.1) is 0 Å². The number of aromatic nitrogens is 2. The number of rotatable bonds is 7. The van der Waals surface area contributed by atoms with Crippen molar-refractivity contribution in [3.05, 3.63) is 65.5 Å². The fraction of sp³-hybridized carbons (Fsp3) is 0.273. The van der Waals surface area contributed by atoms with Crippen LogP contribution in [-0.4, -0.2) is 39.9 Å². The second-order valence-electron chi connectivity index (χ2n) is 6.81. The minimum absolute atomic E-state index is 0.00832. The quantitative estimate of drug-likeness (QED) is 0.660. The summed E-state index contributed by atoms with van der Waals surface area (Å²) in [5.74, 6) is 0.539.